The van der Waals surface area contributed by atoms with Crippen LogP contribution in [0.2, 0.25) is 5.02 Å². The predicted molar refractivity (Wildman–Crippen MR) is 97.9 cm³/mol. The Kier molecular flexibility index (Phi) is 5.25. The summed E-state index contributed by atoms with van der Waals surface area (Å²) in [5.74, 6) is 0.467. The lowest BCUT2D eigenvalue weighted by molar-refractivity contribution is 0.101. The molecule has 0 aliphatic rings. The third-order valence-electron chi connectivity index (χ3n) is 3.41. The maximum Gasteiger partial charge on any atom is 0.277 e. The molecule has 132 valence electrons. The highest BCUT2D eigenvalue weighted by atomic mass is 79.9. The summed E-state index contributed by atoms with van der Waals surface area (Å²) in [6.45, 7) is 0.114. The average molecular weight is 436 g/mol. The monoisotopic (exact) mass is 434 g/mol. The van der Waals surface area contributed by atoms with Crippen molar-refractivity contribution in [3.05, 3.63) is 57.4 Å². The van der Waals surface area contributed by atoms with Gasteiger partial charge in [-0.3, -0.25) is 9.48 Å². The quantitative estimate of drug-likeness (QED) is 0.664. The number of aromatic nitrogens is 4. The maximum absolute atomic E-state index is 12.3. The molecule has 0 atom stereocenters. The van der Waals surface area contributed by atoms with Gasteiger partial charge in [0.2, 0.25) is 0 Å². The largest absolute Gasteiger partial charge is 0.470 e. The molecule has 0 radical (unpaired) electrons. The molecule has 0 fully saturated rings. The Morgan fingerprint density at radius 1 is 1.46 bits per heavy atom. The number of halogens is 2. The first-order chi connectivity index (χ1) is 12.5. The number of carbonyl (C=O) groups is 1. The second-order valence-corrected chi connectivity index (χ2v) is 6.48. The number of rotatable bonds is 5. The van der Waals surface area contributed by atoms with Crippen molar-refractivity contribution < 1.29 is 9.53 Å². The number of carbonyl (C=O) groups excluding carboxylic acids is 1. The second-order valence-electron chi connectivity index (χ2n) is 5.19. The molecule has 3 rings (SSSR count). The molecule has 1 aromatic carbocycles. The van der Waals surface area contributed by atoms with Crippen molar-refractivity contribution in [2.75, 3.05) is 5.32 Å². The lowest BCUT2D eigenvalue weighted by atomic mass is 10.3. The molecule has 26 heavy (non-hydrogen) atoms. The van der Waals surface area contributed by atoms with Crippen LogP contribution >= 0.6 is 27.5 Å². The van der Waals surface area contributed by atoms with E-state index in [1.165, 1.54) is 15.6 Å². The van der Waals surface area contributed by atoms with Crippen LogP contribution in [0.5, 0.6) is 5.75 Å². The van der Waals surface area contributed by atoms with E-state index in [-0.39, 0.29) is 18.0 Å². The van der Waals surface area contributed by atoms with Crippen molar-refractivity contribution in [1.82, 2.24) is 19.6 Å². The zero-order chi connectivity index (χ0) is 18.7. The van der Waals surface area contributed by atoms with Gasteiger partial charge >= 0.3 is 0 Å². The number of ether oxygens (including phenoxy) is 1. The van der Waals surface area contributed by atoms with Crippen LogP contribution in [0.25, 0.3) is 0 Å². The minimum Gasteiger partial charge on any atom is -0.470 e. The van der Waals surface area contributed by atoms with Crippen LogP contribution in [-0.4, -0.2) is 25.5 Å². The summed E-state index contributed by atoms with van der Waals surface area (Å²) in [6.07, 6.45) is 3.00. The van der Waals surface area contributed by atoms with Crippen LogP contribution in [-0.2, 0) is 13.8 Å². The fraction of sp³-hybridized carbons (Fsp3) is 0.125. The van der Waals surface area contributed by atoms with Crippen molar-refractivity contribution in [2.45, 2.75) is 6.73 Å². The number of anilines is 1. The molecule has 2 aromatic heterocycles. The van der Waals surface area contributed by atoms with Gasteiger partial charge in [0.15, 0.2) is 12.4 Å². The highest BCUT2D eigenvalue weighted by molar-refractivity contribution is 9.10. The number of amides is 1. The van der Waals surface area contributed by atoms with Gasteiger partial charge in [-0.25, -0.2) is 4.68 Å². The van der Waals surface area contributed by atoms with E-state index in [1.807, 2.05) is 6.07 Å². The number of nitriles is 1. The van der Waals surface area contributed by atoms with Crippen molar-refractivity contribution in [3.63, 3.8) is 0 Å². The number of nitrogens with one attached hydrogen (secondary N) is 1. The van der Waals surface area contributed by atoms with E-state index in [4.69, 9.17) is 21.6 Å². The highest BCUT2D eigenvalue weighted by Crippen LogP contribution is 2.28. The first-order valence-electron chi connectivity index (χ1n) is 7.32. The second kappa shape index (κ2) is 7.59. The summed E-state index contributed by atoms with van der Waals surface area (Å²) in [5, 5.41) is 20.4. The number of aryl methyl sites for hydroxylation is 1. The van der Waals surface area contributed by atoms with Crippen molar-refractivity contribution in [2.24, 2.45) is 7.05 Å². The van der Waals surface area contributed by atoms with Crippen molar-refractivity contribution >= 4 is 39.3 Å². The molecule has 0 aliphatic heterocycles. The van der Waals surface area contributed by atoms with E-state index < -0.39 is 5.91 Å². The normalized spacial score (nSPS) is 10.4. The number of benzene rings is 1. The standard InChI is InChI=1S/C16H12BrClN6O2/c1-23-15(10(7-19)8-20-23)21-16(25)13-4-5-24(22-13)9-26-14-3-2-11(18)6-12(14)17/h2-6,8H,9H2,1H3,(H,21,25). The van der Waals surface area contributed by atoms with E-state index in [2.05, 4.69) is 31.4 Å². The van der Waals surface area contributed by atoms with E-state index >= 15 is 0 Å². The van der Waals surface area contributed by atoms with Gasteiger partial charge in [0.1, 0.15) is 23.2 Å². The van der Waals surface area contributed by atoms with Gasteiger partial charge in [0, 0.05) is 18.3 Å². The van der Waals surface area contributed by atoms with Crippen LogP contribution in [0.4, 0.5) is 5.82 Å². The Labute approximate surface area is 162 Å². The summed E-state index contributed by atoms with van der Waals surface area (Å²) >= 11 is 9.25. The van der Waals surface area contributed by atoms with Crippen molar-refractivity contribution in [1.29, 1.82) is 5.26 Å². The molecule has 0 bridgehead atoms. The van der Waals surface area contributed by atoms with Crippen LogP contribution < -0.4 is 10.1 Å². The topological polar surface area (TPSA) is 97.8 Å². The summed E-state index contributed by atoms with van der Waals surface area (Å²) in [4.78, 5) is 12.3. The van der Waals surface area contributed by atoms with Crippen LogP contribution in [0.3, 0.4) is 0 Å². The number of hydrogen-bond acceptors (Lipinski definition) is 5. The molecule has 10 heteroatoms. The maximum atomic E-state index is 12.3. The first-order valence-corrected chi connectivity index (χ1v) is 8.50. The SMILES string of the molecule is Cn1ncc(C#N)c1NC(=O)c1ccn(COc2ccc(Cl)cc2Br)n1. The molecule has 0 unspecified atom stereocenters. The molecule has 0 saturated carbocycles. The molecule has 0 saturated heterocycles. The molecular formula is C16H12BrClN6O2. The van der Waals surface area contributed by atoms with Crippen LogP contribution in [0, 0.1) is 11.3 Å². The lowest BCUT2D eigenvalue weighted by Crippen LogP contribution is -2.17. The third-order valence-corrected chi connectivity index (χ3v) is 4.27. The summed E-state index contributed by atoms with van der Waals surface area (Å²) in [6, 6.07) is 8.69. The fourth-order valence-corrected chi connectivity index (χ4v) is 2.92. The molecular weight excluding hydrogens is 424 g/mol. The van der Waals surface area contributed by atoms with E-state index in [0.717, 1.165) is 4.47 Å². The summed E-state index contributed by atoms with van der Waals surface area (Å²) in [5.41, 5.74) is 0.463. The predicted octanol–water partition coefficient (Wildman–Crippen LogP) is 3.19. The van der Waals surface area contributed by atoms with Gasteiger partial charge < -0.3 is 10.1 Å². The molecule has 8 nitrogen and oxygen atoms in total. The summed E-state index contributed by atoms with van der Waals surface area (Å²) < 4.78 is 9.24. The van der Waals surface area contributed by atoms with Gasteiger partial charge in [0.25, 0.3) is 5.91 Å². The van der Waals surface area contributed by atoms with Gasteiger partial charge in [0.05, 0.1) is 10.7 Å². The van der Waals surface area contributed by atoms with E-state index in [1.54, 1.807) is 37.5 Å². The minimum absolute atomic E-state index is 0.114. The van der Waals surface area contributed by atoms with Gasteiger partial charge in [-0.1, -0.05) is 11.6 Å². The van der Waals surface area contributed by atoms with Crippen LogP contribution in [0.1, 0.15) is 16.1 Å². The minimum atomic E-state index is -0.448. The van der Waals surface area contributed by atoms with E-state index in [9.17, 15) is 4.79 Å². The molecule has 2 heterocycles. The number of hydrogen-bond donors (Lipinski definition) is 1. The lowest BCUT2D eigenvalue weighted by Gasteiger charge is -2.08. The third kappa shape index (κ3) is 3.87. The zero-order valence-electron chi connectivity index (χ0n) is 13.5. The van der Waals surface area contributed by atoms with Gasteiger partial charge in [-0.05, 0) is 40.2 Å². The smallest absolute Gasteiger partial charge is 0.277 e. The van der Waals surface area contributed by atoms with Gasteiger partial charge in [-0.2, -0.15) is 15.5 Å². The van der Waals surface area contributed by atoms with E-state index in [0.29, 0.717) is 16.6 Å². The Hall–Kier alpha value is -2.83. The van der Waals surface area contributed by atoms with Gasteiger partial charge in [-0.15, -0.1) is 0 Å². The molecule has 3 aromatic rings. The Balaban J connectivity index is 1.66. The zero-order valence-corrected chi connectivity index (χ0v) is 15.8. The molecule has 0 aliphatic carbocycles. The Morgan fingerprint density at radius 2 is 2.27 bits per heavy atom. The molecule has 1 N–H and O–H groups in total. The Bertz CT molecular complexity index is 1010. The molecule has 0 spiro atoms. The summed E-state index contributed by atoms with van der Waals surface area (Å²) in [7, 11) is 1.63. The Morgan fingerprint density at radius 3 is 3.00 bits per heavy atom. The first kappa shape index (κ1) is 18.0. The van der Waals surface area contributed by atoms with Crippen molar-refractivity contribution in [3.8, 4) is 11.8 Å². The number of nitrogens with zero attached hydrogens (tertiary/aromatic N) is 5. The highest BCUT2D eigenvalue weighted by Gasteiger charge is 2.15. The molecule has 1 amide bonds. The average Bonchev–Trinajstić information content (AvgIpc) is 3.22. The van der Waals surface area contributed by atoms with Crippen LogP contribution in [0.15, 0.2) is 41.1 Å². The fourth-order valence-electron chi connectivity index (χ4n) is 2.12.